The molecule has 100 valence electrons. The average Bonchev–Trinajstić information content (AvgIpc) is 3.09. The summed E-state index contributed by atoms with van der Waals surface area (Å²) in [4.78, 5) is 17.3. The molecule has 0 bridgehead atoms. The molecule has 3 aromatic rings. The summed E-state index contributed by atoms with van der Waals surface area (Å²) in [7, 11) is 0. The third-order valence-corrected chi connectivity index (χ3v) is 4.25. The molecule has 0 radical (unpaired) electrons. The van der Waals surface area contributed by atoms with Gasteiger partial charge >= 0.3 is 0 Å². The molecule has 2 aromatic heterocycles. The molecule has 0 atom stereocenters. The van der Waals surface area contributed by atoms with Crippen molar-refractivity contribution in [2.75, 3.05) is 5.32 Å². The third kappa shape index (κ3) is 2.59. The van der Waals surface area contributed by atoms with E-state index in [1.54, 1.807) is 0 Å². The lowest BCUT2D eigenvalue weighted by atomic mass is 10.2. The first-order valence-corrected chi connectivity index (χ1v) is 7.40. The Bertz CT molecular complexity index is 722. The van der Waals surface area contributed by atoms with Crippen LogP contribution in [-0.2, 0) is 0 Å². The second kappa shape index (κ2) is 5.48. The minimum absolute atomic E-state index is 0.285. The second-order valence-electron chi connectivity index (χ2n) is 4.05. The van der Waals surface area contributed by atoms with E-state index >= 15 is 0 Å². The summed E-state index contributed by atoms with van der Waals surface area (Å²) in [6, 6.07) is 9.98. The predicted molar refractivity (Wildman–Crippen MR) is 80.1 cm³/mol. The van der Waals surface area contributed by atoms with Crippen molar-refractivity contribution in [3.63, 3.8) is 0 Å². The molecule has 0 saturated carbocycles. The standard InChI is InChI=1S/C13H10N4OS2/c1-8-11(9-5-3-2-4-6-9)19-13(15-8)16-12(18)10-7-14-20-17-10/h2-7H,1H3,(H,15,16,18). The Hall–Kier alpha value is -2.12. The number of aryl methyl sites for hydroxylation is 1. The number of hydrogen-bond acceptors (Lipinski definition) is 6. The minimum Gasteiger partial charge on any atom is -0.296 e. The third-order valence-electron chi connectivity index (χ3n) is 2.65. The van der Waals surface area contributed by atoms with E-state index < -0.39 is 0 Å². The molecule has 2 heterocycles. The van der Waals surface area contributed by atoms with Crippen molar-refractivity contribution in [2.45, 2.75) is 6.92 Å². The van der Waals surface area contributed by atoms with Gasteiger partial charge in [0.15, 0.2) is 10.8 Å². The first-order valence-electron chi connectivity index (χ1n) is 5.86. The summed E-state index contributed by atoms with van der Waals surface area (Å²) in [6.45, 7) is 1.93. The van der Waals surface area contributed by atoms with Gasteiger partial charge < -0.3 is 0 Å². The number of nitrogens with zero attached hydrogens (tertiary/aromatic N) is 3. The molecule has 0 saturated heterocycles. The highest BCUT2D eigenvalue weighted by atomic mass is 32.1. The zero-order valence-electron chi connectivity index (χ0n) is 10.5. The maximum absolute atomic E-state index is 11.9. The number of anilines is 1. The molecular weight excluding hydrogens is 292 g/mol. The van der Waals surface area contributed by atoms with Crippen LogP contribution in [0.2, 0.25) is 0 Å². The normalized spacial score (nSPS) is 10.4. The van der Waals surface area contributed by atoms with Gasteiger partial charge in [0.2, 0.25) is 0 Å². The molecule has 0 unspecified atom stereocenters. The molecule has 20 heavy (non-hydrogen) atoms. The van der Waals surface area contributed by atoms with Gasteiger partial charge in [0, 0.05) is 0 Å². The highest BCUT2D eigenvalue weighted by Crippen LogP contribution is 2.32. The van der Waals surface area contributed by atoms with Gasteiger partial charge in [-0.3, -0.25) is 10.1 Å². The van der Waals surface area contributed by atoms with Crippen LogP contribution in [0.3, 0.4) is 0 Å². The van der Waals surface area contributed by atoms with Crippen molar-refractivity contribution in [2.24, 2.45) is 0 Å². The fourth-order valence-electron chi connectivity index (χ4n) is 1.73. The van der Waals surface area contributed by atoms with Crippen LogP contribution in [0.15, 0.2) is 36.5 Å². The Labute approximate surface area is 123 Å². The molecule has 0 aliphatic heterocycles. The summed E-state index contributed by atoms with van der Waals surface area (Å²) in [5.41, 5.74) is 2.30. The molecule has 0 aliphatic carbocycles. The Morgan fingerprint density at radius 1 is 1.25 bits per heavy atom. The lowest BCUT2D eigenvalue weighted by Gasteiger charge is -1.97. The number of hydrogen-bond donors (Lipinski definition) is 1. The van der Waals surface area contributed by atoms with Gasteiger partial charge in [-0.25, -0.2) is 4.98 Å². The number of nitrogens with one attached hydrogen (secondary N) is 1. The maximum atomic E-state index is 11.9. The number of carbonyl (C=O) groups excluding carboxylic acids is 1. The molecule has 1 amide bonds. The topological polar surface area (TPSA) is 67.8 Å². The van der Waals surface area contributed by atoms with E-state index in [0.29, 0.717) is 10.8 Å². The van der Waals surface area contributed by atoms with E-state index in [9.17, 15) is 4.79 Å². The average molecular weight is 302 g/mol. The SMILES string of the molecule is Cc1nc(NC(=O)c2cnsn2)sc1-c1ccccc1. The van der Waals surface area contributed by atoms with Crippen molar-refractivity contribution in [1.29, 1.82) is 0 Å². The molecule has 7 heteroatoms. The quantitative estimate of drug-likeness (QED) is 0.806. The number of aromatic nitrogens is 3. The van der Waals surface area contributed by atoms with Crippen molar-refractivity contribution in [3.05, 3.63) is 47.9 Å². The van der Waals surface area contributed by atoms with Crippen molar-refractivity contribution < 1.29 is 4.79 Å². The van der Waals surface area contributed by atoms with Gasteiger partial charge in [-0.05, 0) is 12.5 Å². The lowest BCUT2D eigenvalue weighted by molar-refractivity contribution is 0.102. The molecule has 0 aliphatic rings. The molecule has 1 N–H and O–H groups in total. The van der Waals surface area contributed by atoms with Crippen LogP contribution in [0, 0.1) is 6.92 Å². The molecule has 0 fully saturated rings. The fourth-order valence-corrected chi connectivity index (χ4v) is 3.11. The summed E-state index contributed by atoms with van der Waals surface area (Å²) < 4.78 is 7.70. The van der Waals surface area contributed by atoms with Crippen molar-refractivity contribution in [1.82, 2.24) is 13.7 Å². The monoisotopic (exact) mass is 302 g/mol. The smallest absolute Gasteiger partial charge is 0.278 e. The van der Waals surface area contributed by atoms with Gasteiger partial charge in [0.05, 0.1) is 28.5 Å². The number of thiazole rings is 1. The van der Waals surface area contributed by atoms with Crippen molar-refractivity contribution >= 4 is 34.1 Å². The fraction of sp³-hybridized carbons (Fsp3) is 0.0769. The van der Waals surface area contributed by atoms with Crippen LogP contribution in [0.5, 0.6) is 0 Å². The Morgan fingerprint density at radius 3 is 2.75 bits per heavy atom. The molecule has 5 nitrogen and oxygen atoms in total. The molecular formula is C13H10N4OS2. The van der Waals surface area contributed by atoms with Crippen LogP contribution in [0.1, 0.15) is 16.2 Å². The highest BCUT2D eigenvalue weighted by Gasteiger charge is 2.14. The van der Waals surface area contributed by atoms with Crippen LogP contribution in [0.25, 0.3) is 10.4 Å². The van der Waals surface area contributed by atoms with Crippen LogP contribution < -0.4 is 5.32 Å². The number of rotatable bonds is 3. The van der Waals surface area contributed by atoms with Gasteiger partial charge in [0.25, 0.3) is 5.91 Å². The summed E-state index contributed by atoms with van der Waals surface area (Å²) >= 11 is 2.46. The summed E-state index contributed by atoms with van der Waals surface area (Å²) in [5, 5.41) is 3.32. The van der Waals surface area contributed by atoms with Crippen LogP contribution in [0.4, 0.5) is 5.13 Å². The van der Waals surface area contributed by atoms with Crippen LogP contribution in [-0.4, -0.2) is 19.6 Å². The highest BCUT2D eigenvalue weighted by molar-refractivity contribution is 7.19. The summed E-state index contributed by atoms with van der Waals surface area (Å²) in [5.74, 6) is -0.285. The van der Waals surface area contributed by atoms with Gasteiger partial charge in [-0.1, -0.05) is 41.7 Å². The molecule has 1 aromatic carbocycles. The van der Waals surface area contributed by atoms with E-state index in [2.05, 4.69) is 19.0 Å². The first kappa shape index (κ1) is 12.9. The Morgan fingerprint density at radius 2 is 2.05 bits per heavy atom. The second-order valence-corrected chi connectivity index (χ2v) is 5.60. The van der Waals surface area contributed by atoms with E-state index in [-0.39, 0.29) is 5.91 Å². The zero-order chi connectivity index (χ0) is 13.9. The molecule has 0 spiro atoms. The van der Waals surface area contributed by atoms with Crippen molar-refractivity contribution in [3.8, 4) is 10.4 Å². The predicted octanol–water partition coefficient (Wildman–Crippen LogP) is 3.22. The van der Waals surface area contributed by atoms with Crippen LogP contribution >= 0.6 is 23.1 Å². The van der Waals surface area contributed by atoms with E-state index in [1.165, 1.54) is 17.5 Å². The number of amides is 1. The van der Waals surface area contributed by atoms with Gasteiger partial charge in [0.1, 0.15) is 0 Å². The first-order chi connectivity index (χ1) is 9.74. The van der Waals surface area contributed by atoms with Gasteiger partial charge in [-0.15, -0.1) is 0 Å². The van der Waals surface area contributed by atoms with E-state index in [0.717, 1.165) is 27.9 Å². The Balaban J connectivity index is 1.85. The minimum atomic E-state index is -0.285. The van der Waals surface area contributed by atoms with Gasteiger partial charge in [-0.2, -0.15) is 8.75 Å². The zero-order valence-corrected chi connectivity index (χ0v) is 12.2. The number of benzene rings is 1. The Kier molecular flexibility index (Phi) is 3.53. The molecule has 3 rings (SSSR count). The maximum Gasteiger partial charge on any atom is 0.278 e. The van der Waals surface area contributed by atoms with E-state index in [1.807, 2.05) is 37.3 Å². The summed E-state index contributed by atoms with van der Waals surface area (Å²) in [6.07, 6.45) is 1.44. The number of carbonyl (C=O) groups is 1. The largest absolute Gasteiger partial charge is 0.296 e. The lowest BCUT2D eigenvalue weighted by Crippen LogP contribution is -2.11. The van der Waals surface area contributed by atoms with E-state index in [4.69, 9.17) is 0 Å².